The summed E-state index contributed by atoms with van der Waals surface area (Å²) in [5.41, 5.74) is 2.68. The van der Waals surface area contributed by atoms with Crippen molar-refractivity contribution < 1.29 is 19.4 Å². The summed E-state index contributed by atoms with van der Waals surface area (Å²) in [6, 6.07) is 8.22. The van der Waals surface area contributed by atoms with Crippen LogP contribution in [0.3, 0.4) is 0 Å². The minimum Gasteiger partial charge on any atom is -0.478 e. The van der Waals surface area contributed by atoms with Gasteiger partial charge in [0.15, 0.2) is 0 Å². The average molecular weight is 302 g/mol. The van der Waals surface area contributed by atoms with Gasteiger partial charge in [0.1, 0.15) is 5.69 Å². The van der Waals surface area contributed by atoms with Gasteiger partial charge in [-0.25, -0.2) is 4.79 Å². The highest BCUT2D eigenvalue weighted by Gasteiger charge is 2.13. The molecular formula is C16H18N2O4. The average Bonchev–Trinajstić information content (AvgIpc) is 2.79. The Balaban J connectivity index is 2.30. The lowest BCUT2D eigenvalue weighted by molar-refractivity contribution is 0.0696. The Morgan fingerprint density at radius 1 is 1.27 bits per heavy atom. The lowest BCUT2D eigenvalue weighted by Crippen LogP contribution is -2.16. The van der Waals surface area contributed by atoms with Crippen LogP contribution in [0.4, 0.5) is 5.69 Å². The number of hydrogen-bond donors (Lipinski definition) is 2. The zero-order valence-corrected chi connectivity index (χ0v) is 12.7. The van der Waals surface area contributed by atoms with Gasteiger partial charge in [-0.3, -0.25) is 4.79 Å². The molecule has 1 aromatic heterocycles. The first kappa shape index (κ1) is 15.8. The normalized spacial score (nSPS) is 10.5. The number of methoxy groups -OCH3 is 1. The molecule has 2 rings (SSSR count). The lowest BCUT2D eigenvalue weighted by Gasteiger charge is -2.10. The van der Waals surface area contributed by atoms with Crippen LogP contribution >= 0.6 is 0 Å². The number of carbonyl (C=O) groups is 2. The van der Waals surface area contributed by atoms with Crippen molar-refractivity contribution in [3.63, 3.8) is 0 Å². The number of anilines is 1. The zero-order valence-electron chi connectivity index (χ0n) is 12.7. The molecule has 0 aliphatic carbocycles. The molecule has 0 saturated heterocycles. The number of hydrogen-bond acceptors (Lipinski definition) is 3. The van der Waals surface area contributed by atoms with Crippen molar-refractivity contribution in [2.45, 2.75) is 13.5 Å². The fourth-order valence-corrected chi connectivity index (χ4v) is 2.17. The van der Waals surface area contributed by atoms with Gasteiger partial charge < -0.3 is 19.7 Å². The van der Waals surface area contributed by atoms with Gasteiger partial charge in [0, 0.05) is 25.5 Å². The Morgan fingerprint density at radius 3 is 2.55 bits per heavy atom. The predicted molar refractivity (Wildman–Crippen MR) is 82.2 cm³/mol. The molecule has 0 aliphatic rings. The van der Waals surface area contributed by atoms with E-state index >= 15 is 0 Å². The summed E-state index contributed by atoms with van der Waals surface area (Å²) in [5.74, 6) is -1.34. The van der Waals surface area contributed by atoms with E-state index in [1.54, 1.807) is 23.7 Å². The Morgan fingerprint density at radius 2 is 2.00 bits per heavy atom. The van der Waals surface area contributed by atoms with Crippen molar-refractivity contribution >= 4 is 17.6 Å². The van der Waals surface area contributed by atoms with E-state index in [9.17, 15) is 9.59 Å². The molecule has 0 fully saturated rings. The van der Waals surface area contributed by atoms with Crippen molar-refractivity contribution in [1.82, 2.24) is 4.57 Å². The van der Waals surface area contributed by atoms with Gasteiger partial charge in [0.25, 0.3) is 5.91 Å². The molecule has 22 heavy (non-hydrogen) atoms. The number of benzene rings is 1. The van der Waals surface area contributed by atoms with E-state index in [1.807, 2.05) is 13.0 Å². The largest absolute Gasteiger partial charge is 0.478 e. The van der Waals surface area contributed by atoms with E-state index in [2.05, 4.69) is 5.32 Å². The first-order valence-corrected chi connectivity index (χ1v) is 6.72. The summed E-state index contributed by atoms with van der Waals surface area (Å²) in [5, 5.41) is 11.9. The van der Waals surface area contributed by atoms with E-state index in [1.165, 1.54) is 19.2 Å². The smallest absolute Gasteiger partial charge is 0.335 e. The number of ether oxygens (including phenoxy) is 1. The van der Waals surface area contributed by atoms with Gasteiger partial charge >= 0.3 is 5.97 Å². The van der Waals surface area contributed by atoms with Crippen LogP contribution in [0.1, 0.15) is 32.1 Å². The van der Waals surface area contributed by atoms with E-state index < -0.39 is 5.97 Å². The quantitative estimate of drug-likeness (QED) is 0.889. The first-order chi connectivity index (χ1) is 10.4. The maximum Gasteiger partial charge on any atom is 0.335 e. The summed E-state index contributed by atoms with van der Waals surface area (Å²) in [7, 11) is 3.33. The van der Waals surface area contributed by atoms with E-state index in [-0.39, 0.29) is 18.1 Å². The van der Waals surface area contributed by atoms with E-state index in [0.29, 0.717) is 16.9 Å². The number of nitrogens with zero attached hydrogens (tertiary/aromatic N) is 1. The Labute approximate surface area is 128 Å². The number of carboxylic acids is 1. The third-order valence-corrected chi connectivity index (χ3v) is 3.41. The summed E-state index contributed by atoms with van der Waals surface area (Å²) < 4.78 is 6.79. The minimum atomic E-state index is -1.05. The van der Waals surface area contributed by atoms with Crippen LogP contribution in [0.15, 0.2) is 30.3 Å². The molecule has 1 amide bonds. The van der Waals surface area contributed by atoms with Crippen LogP contribution in [-0.4, -0.2) is 28.7 Å². The standard InChI is InChI=1S/C16H18N2O4/c1-10-4-5-14(18(10)2)15(19)17-13-7-11(9-22-3)6-12(8-13)16(20)21/h4-8H,9H2,1-3H3,(H,17,19)(H,20,21). The van der Waals surface area contributed by atoms with Gasteiger partial charge in [0.2, 0.25) is 0 Å². The highest BCUT2D eigenvalue weighted by Crippen LogP contribution is 2.17. The van der Waals surface area contributed by atoms with Gasteiger partial charge in [0.05, 0.1) is 12.2 Å². The second kappa shape index (κ2) is 6.44. The van der Waals surface area contributed by atoms with E-state index in [0.717, 1.165) is 5.69 Å². The van der Waals surface area contributed by atoms with Crippen molar-refractivity contribution in [3.05, 3.63) is 52.8 Å². The summed E-state index contributed by atoms with van der Waals surface area (Å²) in [6.45, 7) is 2.17. The molecule has 6 heteroatoms. The highest BCUT2D eigenvalue weighted by molar-refractivity contribution is 6.04. The van der Waals surface area contributed by atoms with Crippen molar-refractivity contribution in [1.29, 1.82) is 0 Å². The number of carboxylic acid groups (broad SMARTS) is 1. The number of rotatable bonds is 5. The minimum absolute atomic E-state index is 0.105. The zero-order chi connectivity index (χ0) is 16.3. The first-order valence-electron chi connectivity index (χ1n) is 6.72. The number of aromatic carboxylic acids is 1. The second-order valence-electron chi connectivity index (χ2n) is 5.03. The fourth-order valence-electron chi connectivity index (χ4n) is 2.17. The Hall–Kier alpha value is -2.60. The molecule has 0 aliphatic heterocycles. The molecule has 0 bridgehead atoms. The SMILES string of the molecule is COCc1cc(NC(=O)c2ccc(C)n2C)cc(C(=O)O)c1. The van der Waals surface area contributed by atoms with Gasteiger partial charge in [-0.2, -0.15) is 0 Å². The number of carbonyl (C=O) groups excluding carboxylic acids is 1. The van der Waals surface area contributed by atoms with Crippen LogP contribution in [0.5, 0.6) is 0 Å². The maximum atomic E-state index is 12.3. The van der Waals surface area contributed by atoms with Crippen molar-refractivity contribution in [2.75, 3.05) is 12.4 Å². The van der Waals surface area contributed by atoms with Crippen molar-refractivity contribution in [2.24, 2.45) is 7.05 Å². The van der Waals surface area contributed by atoms with Crippen LogP contribution in [-0.2, 0) is 18.4 Å². The third kappa shape index (κ3) is 3.35. The van der Waals surface area contributed by atoms with Crippen molar-refractivity contribution in [3.8, 4) is 0 Å². The predicted octanol–water partition coefficient (Wildman–Crippen LogP) is 2.43. The summed E-state index contributed by atoms with van der Waals surface area (Å²) in [4.78, 5) is 23.5. The van der Waals surface area contributed by atoms with Gasteiger partial charge in [-0.05, 0) is 42.8 Å². The molecule has 0 spiro atoms. The molecule has 2 aromatic rings. The number of nitrogens with one attached hydrogen (secondary N) is 1. The second-order valence-corrected chi connectivity index (χ2v) is 5.03. The molecular weight excluding hydrogens is 284 g/mol. The molecule has 6 nitrogen and oxygen atoms in total. The molecule has 0 unspecified atom stereocenters. The lowest BCUT2D eigenvalue weighted by atomic mass is 10.1. The molecule has 1 aromatic carbocycles. The number of aryl methyl sites for hydroxylation is 1. The molecule has 0 radical (unpaired) electrons. The van der Waals surface area contributed by atoms with Gasteiger partial charge in [-0.1, -0.05) is 0 Å². The highest BCUT2D eigenvalue weighted by atomic mass is 16.5. The Bertz CT molecular complexity index is 719. The molecule has 116 valence electrons. The molecule has 1 heterocycles. The Kier molecular flexibility index (Phi) is 4.62. The molecule has 0 saturated carbocycles. The number of amides is 1. The fraction of sp³-hybridized carbons (Fsp3) is 0.250. The summed E-state index contributed by atoms with van der Waals surface area (Å²) in [6.07, 6.45) is 0. The van der Waals surface area contributed by atoms with E-state index in [4.69, 9.17) is 9.84 Å². The maximum absolute atomic E-state index is 12.3. The summed E-state index contributed by atoms with van der Waals surface area (Å²) >= 11 is 0. The molecule has 0 atom stereocenters. The number of aromatic nitrogens is 1. The van der Waals surface area contributed by atoms with Crippen LogP contribution in [0.2, 0.25) is 0 Å². The van der Waals surface area contributed by atoms with Crippen LogP contribution in [0, 0.1) is 6.92 Å². The molecule has 2 N–H and O–H groups in total. The van der Waals surface area contributed by atoms with Gasteiger partial charge in [-0.15, -0.1) is 0 Å². The topological polar surface area (TPSA) is 80.6 Å². The third-order valence-electron chi connectivity index (χ3n) is 3.41. The van der Waals surface area contributed by atoms with Crippen LogP contribution in [0.25, 0.3) is 0 Å². The van der Waals surface area contributed by atoms with Crippen LogP contribution < -0.4 is 5.32 Å². The monoisotopic (exact) mass is 302 g/mol.